The van der Waals surface area contributed by atoms with E-state index in [0.29, 0.717) is 30.1 Å². The summed E-state index contributed by atoms with van der Waals surface area (Å²) in [5.74, 6) is 3.18. The maximum absolute atomic E-state index is 11.6. The van der Waals surface area contributed by atoms with Crippen LogP contribution in [-0.2, 0) is 4.79 Å². The van der Waals surface area contributed by atoms with Gasteiger partial charge in [-0.05, 0) is 49.3 Å². The minimum absolute atomic E-state index is 0.192. The minimum atomic E-state index is -0.404. The topological polar surface area (TPSA) is 62.5 Å². The summed E-state index contributed by atoms with van der Waals surface area (Å²) in [4.78, 5) is 11.6. The first kappa shape index (κ1) is 13.4. The predicted molar refractivity (Wildman–Crippen MR) is 76.0 cm³/mol. The first-order valence-electron chi connectivity index (χ1n) is 7.37. The zero-order valence-corrected chi connectivity index (χ0v) is 11.7. The number of aliphatic hydroxyl groups is 1. The standard InChI is InChI=1S/C16H21NO3/c1-10-8-13(10)15-6-4-12(20-15)5-7-16(19)17-9-14(18)11-2-3-11/h4-7,10-11,13-14,18H,2-3,8-9H2,1H3,(H,17,19). The van der Waals surface area contributed by atoms with E-state index in [9.17, 15) is 9.90 Å². The lowest BCUT2D eigenvalue weighted by atomic mass is 10.2. The molecule has 3 atom stereocenters. The van der Waals surface area contributed by atoms with E-state index in [0.717, 1.165) is 18.6 Å². The summed E-state index contributed by atoms with van der Waals surface area (Å²) in [5.41, 5.74) is 0. The fourth-order valence-corrected chi connectivity index (χ4v) is 2.45. The molecule has 2 fully saturated rings. The van der Waals surface area contributed by atoms with Crippen LogP contribution in [0, 0.1) is 11.8 Å². The van der Waals surface area contributed by atoms with Gasteiger partial charge in [0.2, 0.25) is 5.91 Å². The van der Waals surface area contributed by atoms with Gasteiger partial charge >= 0.3 is 0 Å². The van der Waals surface area contributed by atoms with Crippen molar-refractivity contribution >= 4 is 12.0 Å². The summed E-state index contributed by atoms with van der Waals surface area (Å²) >= 11 is 0. The number of rotatable bonds is 6. The van der Waals surface area contributed by atoms with Gasteiger partial charge in [0.05, 0.1) is 6.10 Å². The summed E-state index contributed by atoms with van der Waals surface area (Å²) in [6.45, 7) is 2.54. The molecule has 2 N–H and O–H groups in total. The summed E-state index contributed by atoms with van der Waals surface area (Å²) in [6.07, 6.45) is 6.06. The first-order valence-corrected chi connectivity index (χ1v) is 7.37. The Morgan fingerprint density at radius 3 is 2.95 bits per heavy atom. The molecule has 1 amide bonds. The molecule has 4 nitrogen and oxygen atoms in total. The summed E-state index contributed by atoms with van der Waals surface area (Å²) in [5, 5.41) is 12.4. The molecule has 3 unspecified atom stereocenters. The molecule has 20 heavy (non-hydrogen) atoms. The number of furan rings is 1. The minimum Gasteiger partial charge on any atom is -0.461 e. The monoisotopic (exact) mass is 275 g/mol. The number of carbonyl (C=O) groups is 1. The van der Waals surface area contributed by atoms with Gasteiger partial charge in [-0.15, -0.1) is 0 Å². The molecule has 1 aromatic heterocycles. The molecular weight excluding hydrogens is 254 g/mol. The molecule has 3 rings (SSSR count). The van der Waals surface area contributed by atoms with E-state index in [2.05, 4.69) is 12.2 Å². The van der Waals surface area contributed by atoms with Crippen LogP contribution in [0.1, 0.15) is 43.6 Å². The molecule has 1 heterocycles. The molecule has 1 aromatic rings. The second-order valence-corrected chi connectivity index (χ2v) is 6.04. The summed E-state index contributed by atoms with van der Waals surface area (Å²) < 4.78 is 5.69. The van der Waals surface area contributed by atoms with E-state index in [1.807, 2.05) is 12.1 Å². The Kier molecular flexibility index (Phi) is 3.66. The number of hydrogen-bond acceptors (Lipinski definition) is 3. The maximum atomic E-state index is 11.6. The molecule has 0 bridgehead atoms. The Balaban J connectivity index is 1.46. The molecule has 0 saturated heterocycles. The van der Waals surface area contributed by atoms with Crippen LogP contribution in [0.3, 0.4) is 0 Å². The van der Waals surface area contributed by atoms with Crippen molar-refractivity contribution in [3.05, 3.63) is 29.7 Å². The smallest absolute Gasteiger partial charge is 0.244 e. The Labute approximate surface area is 118 Å². The Morgan fingerprint density at radius 1 is 1.55 bits per heavy atom. The normalized spacial score (nSPS) is 26.7. The Bertz CT molecular complexity index is 516. The fourth-order valence-electron chi connectivity index (χ4n) is 2.45. The van der Waals surface area contributed by atoms with Crippen molar-refractivity contribution in [3.8, 4) is 0 Å². The van der Waals surface area contributed by atoms with Gasteiger partial charge in [0.25, 0.3) is 0 Å². The SMILES string of the molecule is CC1CC1c1ccc(C=CC(=O)NCC(O)C2CC2)o1. The molecular formula is C16H21NO3. The van der Waals surface area contributed by atoms with Crippen LogP contribution in [0.2, 0.25) is 0 Å². The average Bonchev–Trinajstić information content (AvgIpc) is 3.35. The fraction of sp³-hybridized carbons (Fsp3) is 0.562. The molecule has 108 valence electrons. The highest BCUT2D eigenvalue weighted by atomic mass is 16.3. The van der Waals surface area contributed by atoms with Gasteiger partial charge in [-0.25, -0.2) is 0 Å². The van der Waals surface area contributed by atoms with E-state index in [-0.39, 0.29) is 5.91 Å². The van der Waals surface area contributed by atoms with Crippen molar-refractivity contribution < 1.29 is 14.3 Å². The average molecular weight is 275 g/mol. The van der Waals surface area contributed by atoms with Gasteiger partial charge in [-0.2, -0.15) is 0 Å². The molecule has 0 aliphatic heterocycles. The molecule has 0 radical (unpaired) electrons. The van der Waals surface area contributed by atoms with Crippen LogP contribution >= 0.6 is 0 Å². The largest absolute Gasteiger partial charge is 0.461 e. The van der Waals surface area contributed by atoms with Crippen molar-refractivity contribution in [2.24, 2.45) is 11.8 Å². The van der Waals surface area contributed by atoms with Gasteiger partial charge in [-0.3, -0.25) is 4.79 Å². The molecule has 2 aliphatic carbocycles. The van der Waals surface area contributed by atoms with Crippen molar-refractivity contribution in [1.82, 2.24) is 5.32 Å². The Hall–Kier alpha value is -1.55. The lowest BCUT2D eigenvalue weighted by Crippen LogP contribution is -2.31. The molecule has 2 aliphatic rings. The number of hydrogen-bond donors (Lipinski definition) is 2. The lowest BCUT2D eigenvalue weighted by Gasteiger charge is -2.08. The van der Waals surface area contributed by atoms with Crippen LogP contribution in [0.4, 0.5) is 0 Å². The zero-order valence-electron chi connectivity index (χ0n) is 11.7. The zero-order chi connectivity index (χ0) is 14.1. The van der Waals surface area contributed by atoms with Crippen molar-refractivity contribution in [2.75, 3.05) is 6.54 Å². The van der Waals surface area contributed by atoms with Gasteiger partial charge < -0.3 is 14.8 Å². The third-order valence-electron chi connectivity index (χ3n) is 4.17. The molecule has 4 heteroatoms. The highest BCUT2D eigenvalue weighted by Crippen LogP contribution is 2.47. The number of amides is 1. The van der Waals surface area contributed by atoms with E-state index in [1.54, 1.807) is 6.08 Å². The number of carbonyl (C=O) groups excluding carboxylic acids is 1. The molecule has 0 spiro atoms. The third-order valence-corrected chi connectivity index (χ3v) is 4.17. The Morgan fingerprint density at radius 2 is 2.30 bits per heavy atom. The highest BCUT2D eigenvalue weighted by molar-refractivity contribution is 5.91. The number of nitrogens with one attached hydrogen (secondary N) is 1. The molecule has 0 aromatic carbocycles. The van der Waals surface area contributed by atoms with Crippen LogP contribution in [-0.4, -0.2) is 23.7 Å². The van der Waals surface area contributed by atoms with Crippen LogP contribution in [0.25, 0.3) is 6.08 Å². The van der Waals surface area contributed by atoms with Crippen LogP contribution in [0.15, 0.2) is 22.6 Å². The van der Waals surface area contributed by atoms with E-state index >= 15 is 0 Å². The van der Waals surface area contributed by atoms with E-state index in [4.69, 9.17) is 4.42 Å². The van der Waals surface area contributed by atoms with Gasteiger partial charge in [0, 0.05) is 18.5 Å². The highest BCUT2D eigenvalue weighted by Gasteiger charge is 2.36. The maximum Gasteiger partial charge on any atom is 0.244 e. The van der Waals surface area contributed by atoms with Gasteiger partial charge in [0.1, 0.15) is 11.5 Å². The predicted octanol–water partition coefficient (Wildman–Crippen LogP) is 2.30. The van der Waals surface area contributed by atoms with Crippen LogP contribution in [0.5, 0.6) is 0 Å². The number of aliphatic hydroxyl groups excluding tert-OH is 1. The van der Waals surface area contributed by atoms with Crippen molar-refractivity contribution in [3.63, 3.8) is 0 Å². The van der Waals surface area contributed by atoms with Gasteiger partial charge in [0.15, 0.2) is 0 Å². The van der Waals surface area contributed by atoms with Crippen LogP contribution < -0.4 is 5.32 Å². The van der Waals surface area contributed by atoms with Crippen molar-refractivity contribution in [1.29, 1.82) is 0 Å². The third kappa shape index (κ3) is 3.31. The van der Waals surface area contributed by atoms with E-state index in [1.165, 1.54) is 12.5 Å². The first-order chi connectivity index (χ1) is 9.63. The second-order valence-electron chi connectivity index (χ2n) is 6.04. The second kappa shape index (κ2) is 5.44. The van der Waals surface area contributed by atoms with Gasteiger partial charge in [-0.1, -0.05) is 6.92 Å². The summed E-state index contributed by atoms with van der Waals surface area (Å²) in [6, 6.07) is 3.88. The molecule has 2 saturated carbocycles. The lowest BCUT2D eigenvalue weighted by molar-refractivity contribution is -0.116. The van der Waals surface area contributed by atoms with Crippen molar-refractivity contribution in [2.45, 2.75) is 38.2 Å². The summed E-state index contributed by atoms with van der Waals surface area (Å²) in [7, 11) is 0. The van der Waals surface area contributed by atoms with E-state index < -0.39 is 6.10 Å². The quantitative estimate of drug-likeness (QED) is 0.783.